The van der Waals surface area contributed by atoms with Crippen molar-refractivity contribution in [2.45, 2.75) is 53.9 Å². The van der Waals surface area contributed by atoms with Gasteiger partial charge >= 0.3 is 11.9 Å². The minimum Gasteiger partial charge on any atom is -0.393 e. The molecular formula is C15H24O3. The molecule has 0 bridgehead atoms. The Morgan fingerprint density at radius 2 is 1.83 bits per heavy atom. The first-order valence-electron chi connectivity index (χ1n) is 6.44. The third kappa shape index (κ3) is 3.44. The maximum Gasteiger partial charge on any atom is 0.317 e. The van der Waals surface area contributed by atoms with E-state index in [9.17, 15) is 9.59 Å². The Bertz CT molecular complexity index is 372. The second-order valence-corrected chi connectivity index (χ2v) is 6.96. The molecule has 102 valence electrons. The number of esters is 2. The summed E-state index contributed by atoms with van der Waals surface area (Å²) in [4.78, 5) is 22.4. The zero-order chi connectivity index (χ0) is 14.1. The van der Waals surface area contributed by atoms with Crippen LogP contribution in [0.5, 0.6) is 0 Å². The Morgan fingerprint density at radius 1 is 1.28 bits per heavy atom. The highest BCUT2D eigenvalue weighted by atomic mass is 16.6. The summed E-state index contributed by atoms with van der Waals surface area (Å²) in [6.07, 6.45) is 1.62. The zero-order valence-corrected chi connectivity index (χ0v) is 12.1. The van der Waals surface area contributed by atoms with Crippen LogP contribution >= 0.6 is 0 Å². The smallest absolute Gasteiger partial charge is 0.317 e. The van der Waals surface area contributed by atoms with Gasteiger partial charge in [-0.2, -0.15) is 0 Å². The fourth-order valence-electron chi connectivity index (χ4n) is 1.99. The van der Waals surface area contributed by atoms with Crippen LogP contribution in [0, 0.1) is 16.7 Å². The van der Waals surface area contributed by atoms with E-state index in [0.29, 0.717) is 6.42 Å². The van der Waals surface area contributed by atoms with E-state index in [1.807, 2.05) is 0 Å². The van der Waals surface area contributed by atoms with Gasteiger partial charge in [0.25, 0.3) is 0 Å². The van der Waals surface area contributed by atoms with Crippen molar-refractivity contribution in [2.75, 3.05) is 0 Å². The lowest BCUT2D eigenvalue weighted by atomic mass is 9.66. The highest BCUT2D eigenvalue weighted by molar-refractivity contribution is 5.94. The molecule has 0 aliphatic carbocycles. The number of cyclic esters (lactones) is 2. The summed E-state index contributed by atoms with van der Waals surface area (Å²) in [6.45, 7) is 15.1. The van der Waals surface area contributed by atoms with Crippen molar-refractivity contribution in [3.05, 3.63) is 12.2 Å². The van der Waals surface area contributed by atoms with Crippen molar-refractivity contribution in [1.29, 1.82) is 0 Å². The van der Waals surface area contributed by atoms with Crippen LogP contribution in [0.25, 0.3) is 0 Å². The summed E-state index contributed by atoms with van der Waals surface area (Å²) in [5, 5.41) is 0. The summed E-state index contributed by atoms with van der Waals surface area (Å²) >= 11 is 0. The first-order chi connectivity index (χ1) is 8.03. The first-order valence-corrected chi connectivity index (χ1v) is 6.44. The van der Waals surface area contributed by atoms with Crippen molar-refractivity contribution < 1.29 is 14.3 Å². The standard InChI is InChI=1S/C15H24O3/c1-10(9-15(5,6)14(2,3)4)7-11-8-12(16)18-13(11)17/h11H,1,7-9H2,2-6H3. The van der Waals surface area contributed by atoms with Crippen LogP contribution in [0.1, 0.15) is 53.9 Å². The monoisotopic (exact) mass is 252 g/mol. The molecule has 0 aromatic heterocycles. The highest BCUT2D eigenvalue weighted by Crippen LogP contribution is 2.43. The molecule has 0 amide bonds. The van der Waals surface area contributed by atoms with Crippen LogP contribution in [0.2, 0.25) is 0 Å². The lowest BCUT2D eigenvalue weighted by Gasteiger charge is -2.39. The molecule has 1 saturated heterocycles. The van der Waals surface area contributed by atoms with Crippen molar-refractivity contribution in [1.82, 2.24) is 0 Å². The second-order valence-electron chi connectivity index (χ2n) is 6.96. The number of carbonyl (C=O) groups excluding carboxylic acids is 2. The third-order valence-electron chi connectivity index (χ3n) is 4.22. The molecule has 0 N–H and O–H groups in total. The number of hydrogen-bond acceptors (Lipinski definition) is 3. The molecular weight excluding hydrogens is 228 g/mol. The molecule has 1 rings (SSSR count). The van der Waals surface area contributed by atoms with Crippen molar-refractivity contribution >= 4 is 11.9 Å². The van der Waals surface area contributed by atoms with E-state index in [4.69, 9.17) is 0 Å². The number of hydrogen-bond donors (Lipinski definition) is 0. The molecule has 1 unspecified atom stereocenters. The van der Waals surface area contributed by atoms with Gasteiger partial charge in [0.05, 0.1) is 12.3 Å². The maximum absolute atomic E-state index is 11.4. The average molecular weight is 252 g/mol. The van der Waals surface area contributed by atoms with Crippen LogP contribution in [0.3, 0.4) is 0 Å². The summed E-state index contributed by atoms with van der Waals surface area (Å²) in [6, 6.07) is 0. The van der Waals surface area contributed by atoms with Crippen molar-refractivity contribution in [3.63, 3.8) is 0 Å². The van der Waals surface area contributed by atoms with Crippen LogP contribution in [0.15, 0.2) is 12.2 Å². The van der Waals surface area contributed by atoms with Crippen LogP contribution in [0.4, 0.5) is 0 Å². The van der Waals surface area contributed by atoms with E-state index in [1.165, 1.54) is 0 Å². The van der Waals surface area contributed by atoms with E-state index in [0.717, 1.165) is 12.0 Å². The predicted molar refractivity (Wildman–Crippen MR) is 70.8 cm³/mol. The average Bonchev–Trinajstić information content (AvgIpc) is 2.41. The predicted octanol–water partition coefficient (Wildman–Crippen LogP) is 3.48. The minimum atomic E-state index is -0.409. The molecule has 0 aromatic rings. The number of allylic oxidation sites excluding steroid dienone is 1. The minimum absolute atomic E-state index is 0.108. The largest absolute Gasteiger partial charge is 0.393 e. The van der Waals surface area contributed by atoms with Crippen LogP contribution in [-0.4, -0.2) is 11.9 Å². The van der Waals surface area contributed by atoms with Crippen molar-refractivity contribution in [2.24, 2.45) is 16.7 Å². The van der Waals surface area contributed by atoms with E-state index in [1.54, 1.807) is 0 Å². The summed E-state index contributed by atoms with van der Waals surface area (Å²) in [7, 11) is 0. The summed E-state index contributed by atoms with van der Waals surface area (Å²) in [5.74, 6) is -1.12. The molecule has 1 aliphatic heterocycles. The lowest BCUT2D eigenvalue weighted by molar-refractivity contribution is -0.153. The third-order valence-corrected chi connectivity index (χ3v) is 4.22. The lowest BCUT2D eigenvalue weighted by Crippen LogP contribution is -2.30. The Kier molecular flexibility index (Phi) is 4.04. The number of carbonyl (C=O) groups is 2. The Labute approximate surface area is 110 Å². The second kappa shape index (κ2) is 4.87. The molecule has 3 nitrogen and oxygen atoms in total. The SMILES string of the molecule is C=C(CC1CC(=O)OC1=O)CC(C)(C)C(C)(C)C. The van der Waals surface area contributed by atoms with Gasteiger partial charge in [0.2, 0.25) is 0 Å². The quantitative estimate of drug-likeness (QED) is 0.437. The molecule has 1 fully saturated rings. The Hall–Kier alpha value is -1.12. The molecule has 1 atom stereocenters. The topological polar surface area (TPSA) is 43.4 Å². The Morgan fingerprint density at radius 3 is 2.22 bits per heavy atom. The highest BCUT2D eigenvalue weighted by Gasteiger charge is 2.36. The molecule has 3 heteroatoms. The van der Waals surface area contributed by atoms with E-state index >= 15 is 0 Å². The van der Waals surface area contributed by atoms with Gasteiger partial charge in [0.1, 0.15) is 0 Å². The fraction of sp³-hybridized carbons (Fsp3) is 0.733. The first kappa shape index (κ1) is 14.9. The van der Waals surface area contributed by atoms with Gasteiger partial charge < -0.3 is 4.74 Å². The Balaban J connectivity index is 2.58. The van der Waals surface area contributed by atoms with E-state index in [-0.39, 0.29) is 23.2 Å². The molecule has 0 radical (unpaired) electrons. The summed E-state index contributed by atoms with van der Waals surface area (Å²) in [5.41, 5.74) is 1.30. The van der Waals surface area contributed by atoms with Gasteiger partial charge in [-0.1, -0.05) is 46.8 Å². The maximum atomic E-state index is 11.4. The zero-order valence-electron chi connectivity index (χ0n) is 12.1. The molecule has 1 aliphatic rings. The van der Waals surface area contributed by atoms with Gasteiger partial charge in [-0.3, -0.25) is 9.59 Å². The fourth-order valence-corrected chi connectivity index (χ4v) is 1.99. The van der Waals surface area contributed by atoms with Gasteiger partial charge in [-0.05, 0) is 23.7 Å². The van der Waals surface area contributed by atoms with Crippen LogP contribution < -0.4 is 0 Å². The molecule has 0 spiro atoms. The van der Waals surface area contributed by atoms with Crippen molar-refractivity contribution in [3.8, 4) is 0 Å². The summed E-state index contributed by atoms with van der Waals surface area (Å²) < 4.78 is 4.55. The van der Waals surface area contributed by atoms with Gasteiger partial charge in [-0.25, -0.2) is 0 Å². The molecule has 18 heavy (non-hydrogen) atoms. The van der Waals surface area contributed by atoms with E-state index in [2.05, 4.69) is 45.9 Å². The normalized spacial score (nSPS) is 21.1. The number of ether oxygens (including phenoxy) is 1. The molecule has 0 saturated carbocycles. The van der Waals surface area contributed by atoms with E-state index < -0.39 is 11.9 Å². The van der Waals surface area contributed by atoms with Crippen LogP contribution in [-0.2, 0) is 14.3 Å². The van der Waals surface area contributed by atoms with Gasteiger partial charge in [0, 0.05) is 0 Å². The number of rotatable bonds is 4. The van der Waals surface area contributed by atoms with Gasteiger partial charge in [0.15, 0.2) is 0 Å². The molecule has 1 heterocycles. The van der Waals surface area contributed by atoms with Gasteiger partial charge in [-0.15, -0.1) is 0 Å². The molecule has 0 aromatic carbocycles.